The maximum absolute atomic E-state index is 13.5. The monoisotopic (exact) mass is 508 g/mol. The molecule has 0 aliphatic rings. The number of nitrogens with one attached hydrogen (secondary N) is 1. The molecular formula is C23H22Cl2N2O5S. The molecule has 1 N–H and O–H groups in total. The minimum absolute atomic E-state index is 0.00763. The average Bonchev–Trinajstić information content (AvgIpc) is 2.81. The highest BCUT2D eigenvalue weighted by molar-refractivity contribution is 7.89. The maximum atomic E-state index is 13.5. The first-order valence-corrected chi connectivity index (χ1v) is 11.9. The van der Waals surface area contributed by atoms with Gasteiger partial charge in [-0.3, -0.25) is 4.79 Å². The molecule has 0 saturated heterocycles. The lowest BCUT2D eigenvalue weighted by Crippen LogP contribution is -2.37. The van der Waals surface area contributed by atoms with Crippen molar-refractivity contribution >= 4 is 44.8 Å². The van der Waals surface area contributed by atoms with E-state index in [-0.39, 0.29) is 22.2 Å². The van der Waals surface area contributed by atoms with Crippen LogP contribution in [-0.4, -0.2) is 39.4 Å². The molecule has 33 heavy (non-hydrogen) atoms. The van der Waals surface area contributed by atoms with Crippen molar-refractivity contribution in [3.05, 3.63) is 82.3 Å². The number of rotatable bonds is 9. The van der Waals surface area contributed by atoms with Crippen LogP contribution in [0.15, 0.2) is 71.6 Å². The van der Waals surface area contributed by atoms with E-state index in [4.69, 9.17) is 32.7 Å². The number of anilines is 1. The normalized spacial score (nSPS) is 11.3. The molecule has 7 nitrogen and oxygen atoms in total. The molecule has 3 aromatic rings. The summed E-state index contributed by atoms with van der Waals surface area (Å²) in [5, 5.41) is 3.27. The second-order valence-corrected chi connectivity index (χ2v) is 9.70. The molecule has 0 aliphatic heterocycles. The number of amides is 1. The number of carbonyl (C=O) groups excluding carboxylic acids is 1. The Bertz CT molecular complexity index is 1240. The summed E-state index contributed by atoms with van der Waals surface area (Å²) in [6.07, 6.45) is 0. The van der Waals surface area contributed by atoms with Gasteiger partial charge in [-0.1, -0.05) is 53.5 Å². The molecule has 174 valence electrons. The number of halogens is 2. The number of hydrogen-bond acceptors (Lipinski definition) is 5. The minimum atomic E-state index is -4.07. The molecule has 0 bridgehead atoms. The molecule has 10 heteroatoms. The molecule has 0 aromatic heterocycles. The van der Waals surface area contributed by atoms with Crippen LogP contribution in [0.4, 0.5) is 5.69 Å². The number of nitrogens with zero attached hydrogens (tertiary/aromatic N) is 1. The Morgan fingerprint density at radius 2 is 1.61 bits per heavy atom. The van der Waals surface area contributed by atoms with Crippen molar-refractivity contribution in [2.24, 2.45) is 0 Å². The number of carbonyl (C=O) groups is 1. The van der Waals surface area contributed by atoms with Crippen molar-refractivity contribution in [2.45, 2.75) is 11.4 Å². The van der Waals surface area contributed by atoms with Gasteiger partial charge in [0.2, 0.25) is 15.9 Å². The van der Waals surface area contributed by atoms with Crippen molar-refractivity contribution in [1.29, 1.82) is 0 Å². The van der Waals surface area contributed by atoms with Gasteiger partial charge in [-0.05, 0) is 35.9 Å². The lowest BCUT2D eigenvalue weighted by atomic mass is 10.2. The minimum Gasteiger partial charge on any atom is -0.493 e. The molecule has 0 spiro atoms. The van der Waals surface area contributed by atoms with Crippen LogP contribution in [0.5, 0.6) is 11.5 Å². The van der Waals surface area contributed by atoms with Gasteiger partial charge in [-0.15, -0.1) is 0 Å². The molecule has 3 aromatic carbocycles. The third kappa shape index (κ3) is 6.17. The van der Waals surface area contributed by atoms with Crippen LogP contribution in [0.3, 0.4) is 0 Å². The number of methoxy groups -OCH3 is 2. The third-order valence-electron chi connectivity index (χ3n) is 4.72. The first-order chi connectivity index (χ1) is 15.7. The Hall–Kier alpha value is -2.78. The van der Waals surface area contributed by atoms with E-state index < -0.39 is 22.5 Å². The summed E-state index contributed by atoms with van der Waals surface area (Å²) in [5.41, 5.74) is 1.13. The first-order valence-electron chi connectivity index (χ1n) is 9.75. The summed E-state index contributed by atoms with van der Waals surface area (Å²) in [6.45, 7) is -0.432. The highest BCUT2D eigenvalue weighted by Gasteiger charge is 2.28. The molecule has 0 saturated carbocycles. The van der Waals surface area contributed by atoms with Gasteiger partial charge < -0.3 is 14.8 Å². The predicted octanol–water partition coefficient (Wildman–Crippen LogP) is 4.84. The molecular weight excluding hydrogens is 487 g/mol. The fraction of sp³-hybridized carbons (Fsp3) is 0.174. The second-order valence-electron chi connectivity index (χ2n) is 6.95. The third-order valence-corrected chi connectivity index (χ3v) is 7.24. The standard InChI is InChI=1S/C23H22Cl2N2O5S/c1-31-21-11-9-18(13-22(21)32-2)33(29,30)27(14-16-6-4-3-5-7-16)15-23(28)26-17-8-10-19(24)20(25)12-17/h3-13H,14-15H2,1-2H3,(H,26,28). The highest BCUT2D eigenvalue weighted by Crippen LogP contribution is 2.31. The van der Waals surface area contributed by atoms with Crippen molar-refractivity contribution in [3.63, 3.8) is 0 Å². The summed E-state index contributed by atoms with van der Waals surface area (Å²) < 4.78 is 38.5. The zero-order chi connectivity index (χ0) is 24.0. The van der Waals surface area contributed by atoms with Crippen LogP contribution < -0.4 is 14.8 Å². The van der Waals surface area contributed by atoms with E-state index >= 15 is 0 Å². The van der Waals surface area contributed by atoms with Gasteiger partial charge in [0.25, 0.3) is 0 Å². The van der Waals surface area contributed by atoms with Crippen molar-refractivity contribution in [3.8, 4) is 11.5 Å². The van der Waals surface area contributed by atoms with Crippen molar-refractivity contribution in [1.82, 2.24) is 4.31 Å². The van der Waals surface area contributed by atoms with Gasteiger partial charge in [0.05, 0.1) is 35.7 Å². The predicted molar refractivity (Wildman–Crippen MR) is 129 cm³/mol. The maximum Gasteiger partial charge on any atom is 0.243 e. The van der Waals surface area contributed by atoms with E-state index in [2.05, 4.69) is 5.32 Å². The molecule has 0 aliphatic carbocycles. The van der Waals surface area contributed by atoms with Gasteiger partial charge in [0, 0.05) is 18.3 Å². The molecule has 0 heterocycles. The number of sulfonamides is 1. The smallest absolute Gasteiger partial charge is 0.243 e. The van der Waals surface area contributed by atoms with Crippen molar-refractivity contribution in [2.75, 3.05) is 26.1 Å². The van der Waals surface area contributed by atoms with Gasteiger partial charge in [0.1, 0.15) is 0 Å². The summed E-state index contributed by atoms with van der Waals surface area (Å²) in [5.74, 6) is 0.121. The Balaban J connectivity index is 1.91. The first kappa shape index (κ1) is 24.9. The highest BCUT2D eigenvalue weighted by atomic mass is 35.5. The molecule has 0 unspecified atom stereocenters. The number of ether oxygens (including phenoxy) is 2. The van der Waals surface area contributed by atoms with Crippen LogP contribution >= 0.6 is 23.2 Å². The Labute approximate surface area is 202 Å². The molecule has 3 rings (SSSR count). The van der Waals surface area contributed by atoms with E-state index in [1.54, 1.807) is 36.4 Å². The average molecular weight is 509 g/mol. The van der Waals surface area contributed by atoms with Gasteiger partial charge >= 0.3 is 0 Å². The van der Waals surface area contributed by atoms with Gasteiger partial charge in [0.15, 0.2) is 11.5 Å². The SMILES string of the molecule is COc1ccc(S(=O)(=O)N(CC(=O)Nc2ccc(Cl)c(Cl)c2)Cc2ccccc2)cc1OC. The molecule has 0 fully saturated rings. The van der Waals surface area contributed by atoms with Crippen LogP contribution in [0, 0.1) is 0 Å². The molecule has 1 amide bonds. The summed E-state index contributed by atoms with van der Waals surface area (Å²) >= 11 is 11.9. The molecule has 0 atom stereocenters. The van der Waals surface area contributed by atoms with E-state index in [1.807, 2.05) is 6.07 Å². The number of benzene rings is 3. The summed E-state index contributed by atoms with van der Waals surface area (Å²) in [7, 11) is -1.19. The van der Waals surface area contributed by atoms with E-state index in [9.17, 15) is 13.2 Å². The van der Waals surface area contributed by atoms with E-state index in [1.165, 1.54) is 38.5 Å². The lowest BCUT2D eigenvalue weighted by molar-refractivity contribution is -0.116. The van der Waals surface area contributed by atoms with E-state index in [0.29, 0.717) is 16.5 Å². The second kappa shape index (κ2) is 10.9. The largest absolute Gasteiger partial charge is 0.493 e. The van der Waals surface area contributed by atoms with Gasteiger partial charge in [-0.25, -0.2) is 8.42 Å². The fourth-order valence-corrected chi connectivity index (χ4v) is 4.77. The van der Waals surface area contributed by atoms with Crippen LogP contribution in [0.1, 0.15) is 5.56 Å². The zero-order valence-corrected chi connectivity index (χ0v) is 20.2. The Morgan fingerprint density at radius 3 is 2.24 bits per heavy atom. The Kier molecular flexibility index (Phi) is 8.20. The molecule has 0 radical (unpaired) electrons. The van der Waals surface area contributed by atoms with Crippen LogP contribution in [0.25, 0.3) is 0 Å². The quantitative estimate of drug-likeness (QED) is 0.446. The van der Waals surface area contributed by atoms with Crippen LogP contribution in [-0.2, 0) is 21.4 Å². The number of hydrogen-bond donors (Lipinski definition) is 1. The zero-order valence-electron chi connectivity index (χ0n) is 17.9. The summed E-state index contributed by atoms with van der Waals surface area (Å²) in [6, 6.07) is 17.9. The summed E-state index contributed by atoms with van der Waals surface area (Å²) in [4.78, 5) is 12.7. The lowest BCUT2D eigenvalue weighted by Gasteiger charge is -2.22. The topological polar surface area (TPSA) is 84.9 Å². The van der Waals surface area contributed by atoms with Crippen molar-refractivity contribution < 1.29 is 22.7 Å². The fourth-order valence-electron chi connectivity index (χ4n) is 3.07. The Morgan fingerprint density at radius 1 is 0.909 bits per heavy atom. The van der Waals surface area contributed by atoms with Crippen LogP contribution in [0.2, 0.25) is 10.0 Å². The van der Waals surface area contributed by atoms with Gasteiger partial charge in [-0.2, -0.15) is 4.31 Å². The van der Waals surface area contributed by atoms with E-state index in [0.717, 1.165) is 9.87 Å².